The highest BCUT2D eigenvalue weighted by molar-refractivity contribution is 14.0. The summed E-state index contributed by atoms with van der Waals surface area (Å²) in [5.74, 6) is 1.95. The second-order valence-electron chi connectivity index (χ2n) is 6.39. The standard InChI is InChI=1S/C18H29N7S2.HI/c1-4-15-22-18(27-23-15)25-11-9-24(10-12-25)17(19-6-3)20-8-7-14-13-26-16(5-2)21-14;/h13H,4-12H2,1-3H3,(H,19,20);1H. The normalized spacial score (nSPS) is 14.9. The van der Waals surface area contributed by atoms with Crippen LogP contribution in [0.15, 0.2) is 10.4 Å². The molecular weight excluding hydrogens is 505 g/mol. The lowest BCUT2D eigenvalue weighted by molar-refractivity contribution is 0.372. The van der Waals surface area contributed by atoms with Crippen molar-refractivity contribution in [2.75, 3.05) is 44.2 Å². The van der Waals surface area contributed by atoms with Crippen molar-refractivity contribution >= 4 is 57.9 Å². The Morgan fingerprint density at radius 1 is 1.14 bits per heavy atom. The van der Waals surface area contributed by atoms with Gasteiger partial charge in [0.05, 0.1) is 10.7 Å². The van der Waals surface area contributed by atoms with Crippen LogP contribution in [-0.4, -0.2) is 64.5 Å². The van der Waals surface area contributed by atoms with E-state index in [1.165, 1.54) is 16.5 Å². The molecule has 7 nitrogen and oxygen atoms in total. The molecule has 3 rings (SSSR count). The molecule has 1 fully saturated rings. The summed E-state index contributed by atoms with van der Waals surface area (Å²) >= 11 is 3.26. The van der Waals surface area contributed by atoms with Gasteiger partial charge in [-0.15, -0.1) is 35.3 Å². The fourth-order valence-electron chi connectivity index (χ4n) is 2.95. The first-order valence-corrected chi connectivity index (χ1v) is 11.4. The third-order valence-electron chi connectivity index (χ3n) is 4.49. The summed E-state index contributed by atoms with van der Waals surface area (Å²) in [5.41, 5.74) is 1.16. The second kappa shape index (κ2) is 11.9. The quantitative estimate of drug-likeness (QED) is 0.334. The minimum Gasteiger partial charge on any atom is -0.357 e. The number of nitrogens with one attached hydrogen (secondary N) is 1. The van der Waals surface area contributed by atoms with Crippen molar-refractivity contribution in [1.29, 1.82) is 0 Å². The summed E-state index contributed by atoms with van der Waals surface area (Å²) in [6.45, 7) is 11.8. The van der Waals surface area contributed by atoms with E-state index in [9.17, 15) is 0 Å². The Morgan fingerprint density at radius 2 is 1.93 bits per heavy atom. The van der Waals surface area contributed by atoms with Crippen LogP contribution < -0.4 is 10.2 Å². The molecule has 0 aliphatic carbocycles. The lowest BCUT2D eigenvalue weighted by atomic mass is 10.3. The monoisotopic (exact) mass is 535 g/mol. The van der Waals surface area contributed by atoms with Gasteiger partial charge in [-0.25, -0.2) is 9.97 Å². The number of rotatable bonds is 7. The number of halogens is 1. The number of nitrogens with zero attached hydrogens (tertiary/aromatic N) is 6. The molecular formula is C18H30IN7S2. The summed E-state index contributed by atoms with van der Waals surface area (Å²) in [6, 6.07) is 0. The molecule has 1 N–H and O–H groups in total. The Kier molecular flexibility index (Phi) is 9.86. The van der Waals surface area contributed by atoms with Gasteiger partial charge in [0.25, 0.3) is 0 Å². The van der Waals surface area contributed by atoms with Crippen molar-refractivity contribution in [3.05, 3.63) is 21.9 Å². The highest BCUT2D eigenvalue weighted by Gasteiger charge is 2.22. The molecule has 10 heteroatoms. The molecule has 2 aromatic rings. The Labute approximate surface area is 192 Å². The maximum Gasteiger partial charge on any atom is 0.205 e. The fraction of sp³-hybridized carbons (Fsp3) is 0.667. The van der Waals surface area contributed by atoms with Crippen molar-refractivity contribution in [2.24, 2.45) is 4.99 Å². The molecule has 3 heterocycles. The van der Waals surface area contributed by atoms with Gasteiger partial charge >= 0.3 is 0 Å². The van der Waals surface area contributed by atoms with Crippen molar-refractivity contribution < 1.29 is 0 Å². The minimum absolute atomic E-state index is 0. The van der Waals surface area contributed by atoms with Gasteiger partial charge in [0.2, 0.25) is 5.13 Å². The number of aromatic nitrogens is 3. The predicted molar refractivity (Wildman–Crippen MR) is 130 cm³/mol. The van der Waals surface area contributed by atoms with E-state index in [2.05, 4.69) is 55.6 Å². The molecule has 1 saturated heterocycles. The van der Waals surface area contributed by atoms with Crippen molar-refractivity contribution in [1.82, 2.24) is 24.6 Å². The van der Waals surface area contributed by atoms with Crippen LogP contribution in [0.1, 0.15) is 37.3 Å². The molecule has 0 atom stereocenters. The number of piperazine rings is 1. The highest BCUT2D eigenvalue weighted by atomic mass is 127. The van der Waals surface area contributed by atoms with Crippen LogP contribution in [0.5, 0.6) is 0 Å². The largest absolute Gasteiger partial charge is 0.357 e. The first-order chi connectivity index (χ1) is 13.2. The van der Waals surface area contributed by atoms with E-state index in [4.69, 9.17) is 4.99 Å². The van der Waals surface area contributed by atoms with Crippen LogP contribution in [-0.2, 0) is 19.3 Å². The van der Waals surface area contributed by atoms with Crippen LogP contribution in [0.25, 0.3) is 0 Å². The SMILES string of the molecule is CCNC(=NCCc1csc(CC)n1)N1CCN(c2nc(CC)ns2)CC1.I. The summed E-state index contributed by atoms with van der Waals surface area (Å²) < 4.78 is 4.40. The molecule has 0 radical (unpaired) electrons. The number of aliphatic imine (C=N–C) groups is 1. The molecule has 1 aliphatic rings. The van der Waals surface area contributed by atoms with E-state index in [-0.39, 0.29) is 24.0 Å². The Bertz CT molecular complexity index is 738. The average molecular weight is 536 g/mol. The van der Waals surface area contributed by atoms with Crippen LogP contribution in [0.4, 0.5) is 5.13 Å². The third kappa shape index (κ3) is 6.24. The summed E-state index contributed by atoms with van der Waals surface area (Å²) in [7, 11) is 0. The molecule has 28 heavy (non-hydrogen) atoms. The van der Waals surface area contributed by atoms with Gasteiger partial charge in [-0.1, -0.05) is 13.8 Å². The number of aryl methyl sites for hydroxylation is 2. The zero-order valence-corrected chi connectivity index (χ0v) is 20.8. The Balaban J connectivity index is 0.00000280. The zero-order chi connectivity index (χ0) is 19.1. The van der Waals surface area contributed by atoms with E-state index in [0.29, 0.717) is 0 Å². The smallest absolute Gasteiger partial charge is 0.205 e. The van der Waals surface area contributed by atoms with Crippen molar-refractivity contribution in [2.45, 2.75) is 40.0 Å². The van der Waals surface area contributed by atoms with Gasteiger partial charge in [-0.3, -0.25) is 4.99 Å². The lowest BCUT2D eigenvalue weighted by Crippen LogP contribution is -2.52. The Morgan fingerprint density at radius 3 is 2.54 bits per heavy atom. The zero-order valence-electron chi connectivity index (χ0n) is 16.8. The van der Waals surface area contributed by atoms with Gasteiger partial charge in [0, 0.05) is 69.0 Å². The molecule has 156 valence electrons. The average Bonchev–Trinajstić information content (AvgIpc) is 3.37. The second-order valence-corrected chi connectivity index (χ2v) is 8.07. The fourth-order valence-corrected chi connectivity index (χ4v) is 4.54. The van der Waals surface area contributed by atoms with Crippen molar-refractivity contribution in [3.63, 3.8) is 0 Å². The molecule has 0 spiro atoms. The van der Waals surface area contributed by atoms with E-state index in [1.807, 2.05) is 0 Å². The maximum absolute atomic E-state index is 4.83. The summed E-state index contributed by atoms with van der Waals surface area (Å²) in [6.07, 6.45) is 2.80. The van der Waals surface area contributed by atoms with Crippen LogP contribution in [0, 0.1) is 0 Å². The maximum atomic E-state index is 4.83. The molecule has 0 aromatic carbocycles. The first kappa shape index (κ1) is 23.3. The number of anilines is 1. The first-order valence-electron chi connectivity index (χ1n) is 9.77. The van der Waals surface area contributed by atoms with Gasteiger partial charge in [-0.2, -0.15) is 4.37 Å². The molecule has 0 unspecified atom stereocenters. The lowest BCUT2D eigenvalue weighted by Gasteiger charge is -2.36. The predicted octanol–water partition coefficient (Wildman–Crippen LogP) is 3.07. The van der Waals surface area contributed by atoms with E-state index < -0.39 is 0 Å². The van der Waals surface area contributed by atoms with Gasteiger partial charge in [0.15, 0.2) is 5.96 Å². The van der Waals surface area contributed by atoms with Crippen LogP contribution in [0.2, 0.25) is 0 Å². The van der Waals surface area contributed by atoms with E-state index in [0.717, 1.165) is 81.1 Å². The molecule has 0 bridgehead atoms. The van der Waals surface area contributed by atoms with Crippen LogP contribution in [0.3, 0.4) is 0 Å². The van der Waals surface area contributed by atoms with Gasteiger partial charge in [-0.05, 0) is 13.3 Å². The number of thiazole rings is 1. The van der Waals surface area contributed by atoms with E-state index >= 15 is 0 Å². The number of hydrogen-bond donors (Lipinski definition) is 1. The minimum atomic E-state index is 0. The molecule has 2 aromatic heterocycles. The number of guanidine groups is 1. The summed E-state index contributed by atoms with van der Waals surface area (Å²) in [4.78, 5) is 18.8. The molecule has 0 amide bonds. The van der Waals surface area contributed by atoms with Crippen LogP contribution >= 0.6 is 46.8 Å². The highest BCUT2D eigenvalue weighted by Crippen LogP contribution is 2.19. The number of hydrogen-bond acceptors (Lipinski definition) is 7. The van der Waals surface area contributed by atoms with Gasteiger partial charge < -0.3 is 15.1 Å². The topological polar surface area (TPSA) is 69.5 Å². The van der Waals surface area contributed by atoms with E-state index in [1.54, 1.807) is 11.3 Å². The molecule has 0 saturated carbocycles. The Hall–Kier alpha value is -1.01. The summed E-state index contributed by atoms with van der Waals surface area (Å²) in [5, 5.41) is 7.85. The van der Waals surface area contributed by atoms with Crippen molar-refractivity contribution in [3.8, 4) is 0 Å². The third-order valence-corrected chi connectivity index (χ3v) is 6.35. The van der Waals surface area contributed by atoms with Gasteiger partial charge in [0.1, 0.15) is 5.82 Å². The molecule has 1 aliphatic heterocycles.